The molecule has 126 valence electrons. The van der Waals surface area contributed by atoms with Crippen LogP contribution in [0.5, 0.6) is 0 Å². The van der Waals surface area contributed by atoms with Gasteiger partial charge in [-0.2, -0.15) is 0 Å². The molecule has 0 aromatic heterocycles. The molecule has 0 heterocycles. The SMILES string of the molecule is S=C(Nc1ccccc1)N(c1ccccc1)c1cccc2ccccc12. The van der Waals surface area contributed by atoms with Crippen molar-refractivity contribution in [3.8, 4) is 0 Å². The fourth-order valence-corrected chi connectivity index (χ4v) is 3.37. The summed E-state index contributed by atoms with van der Waals surface area (Å²) in [6.45, 7) is 0. The van der Waals surface area contributed by atoms with Crippen molar-refractivity contribution in [3.05, 3.63) is 103 Å². The van der Waals surface area contributed by atoms with Crippen molar-refractivity contribution >= 4 is 45.2 Å². The lowest BCUT2D eigenvalue weighted by Gasteiger charge is -2.27. The lowest BCUT2D eigenvalue weighted by atomic mass is 10.1. The molecule has 0 unspecified atom stereocenters. The Balaban J connectivity index is 1.82. The lowest BCUT2D eigenvalue weighted by Crippen LogP contribution is -2.30. The van der Waals surface area contributed by atoms with Gasteiger partial charge in [0, 0.05) is 16.8 Å². The summed E-state index contributed by atoms with van der Waals surface area (Å²) < 4.78 is 0. The van der Waals surface area contributed by atoms with Crippen LogP contribution in [0.2, 0.25) is 0 Å². The Morgan fingerprint density at radius 2 is 1.27 bits per heavy atom. The maximum atomic E-state index is 5.80. The highest BCUT2D eigenvalue weighted by molar-refractivity contribution is 7.80. The summed E-state index contributed by atoms with van der Waals surface area (Å²) in [4.78, 5) is 2.09. The zero-order chi connectivity index (χ0) is 17.8. The van der Waals surface area contributed by atoms with E-state index in [1.165, 1.54) is 5.39 Å². The molecular weight excluding hydrogens is 336 g/mol. The zero-order valence-corrected chi connectivity index (χ0v) is 15.0. The number of nitrogens with zero attached hydrogens (tertiary/aromatic N) is 1. The second-order valence-corrected chi connectivity index (χ2v) is 6.35. The van der Waals surface area contributed by atoms with Gasteiger partial charge in [-0.05, 0) is 47.9 Å². The highest BCUT2D eigenvalue weighted by atomic mass is 32.1. The van der Waals surface area contributed by atoms with Gasteiger partial charge in [-0.1, -0.05) is 72.8 Å². The van der Waals surface area contributed by atoms with Crippen molar-refractivity contribution in [2.75, 3.05) is 10.2 Å². The van der Waals surface area contributed by atoms with Crippen LogP contribution in [-0.2, 0) is 0 Å². The summed E-state index contributed by atoms with van der Waals surface area (Å²) >= 11 is 5.80. The van der Waals surface area contributed by atoms with E-state index in [4.69, 9.17) is 12.2 Å². The van der Waals surface area contributed by atoms with Crippen LogP contribution < -0.4 is 10.2 Å². The third-order valence-electron chi connectivity index (χ3n) is 4.25. The van der Waals surface area contributed by atoms with Gasteiger partial charge in [0.15, 0.2) is 5.11 Å². The summed E-state index contributed by atoms with van der Waals surface area (Å²) in [7, 11) is 0. The Morgan fingerprint density at radius 1 is 0.654 bits per heavy atom. The monoisotopic (exact) mass is 354 g/mol. The van der Waals surface area contributed by atoms with E-state index in [0.717, 1.165) is 22.4 Å². The maximum Gasteiger partial charge on any atom is 0.182 e. The number of anilines is 3. The summed E-state index contributed by atoms with van der Waals surface area (Å²) in [6.07, 6.45) is 0. The highest BCUT2D eigenvalue weighted by Crippen LogP contribution is 2.33. The Hall–Kier alpha value is -3.17. The molecule has 0 bridgehead atoms. The first kappa shape index (κ1) is 16.3. The Bertz CT molecular complexity index is 1020. The van der Waals surface area contributed by atoms with Gasteiger partial charge in [0.05, 0.1) is 5.69 Å². The van der Waals surface area contributed by atoms with E-state index in [2.05, 4.69) is 64.8 Å². The molecule has 4 aromatic carbocycles. The van der Waals surface area contributed by atoms with Crippen molar-refractivity contribution in [2.45, 2.75) is 0 Å². The van der Waals surface area contributed by atoms with Crippen LogP contribution in [-0.4, -0.2) is 5.11 Å². The maximum absolute atomic E-state index is 5.80. The molecule has 26 heavy (non-hydrogen) atoms. The molecule has 4 rings (SSSR count). The summed E-state index contributed by atoms with van der Waals surface area (Å²) in [5.74, 6) is 0. The number of fused-ring (bicyclic) bond motifs is 1. The Labute approximate surface area is 158 Å². The second-order valence-electron chi connectivity index (χ2n) is 5.97. The van der Waals surface area contributed by atoms with Gasteiger partial charge < -0.3 is 5.32 Å². The predicted molar refractivity (Wildman–Crippen MR) is 115 cm³/mol. The molecule has 0 saturated carbocycles. The first-order valence-electron chi connectivity index (χ1n) is 8.52. The van der Waals surface area contributed by atoms with Gasteiger partial charge in [-0.15, -0.1) is 0 Å². The average Bonchev–Trinajstić information content (AvgIpc) is 2.70. The normalized spacial score (nSPS) is 10.5. The topological polar surface area (TPSA) is 15.3 Å². The lowest BCUT2D eigenvalue weighted by molar-refractivity contribution is 1.37. The number of nitrogens with one attached hydrogen (secondary N) is 1. The highest BCUT2D eigenvalue weighted by Gasteiger charge is 2.17. The zero-order valence-electron chi connectivity index (χ0n) is 14.2. The third kappa shape index (κ3) is 3.30. The average molecular weight is 354 g/mol. The molecule has 1 N–H and O–H groups in total. The molecular formula is C23H18N2S. The van der Waals surface area contributed by atoms with E-state index < -0.39 is 0 Å². The number of para-hydroxylation sites is 2. The van der Waals surface area contributed by atoms with Crippen molar-refractivity contribution < 1.29 is 0 Å². The van der Waals surface area contributed by atoms with Crippen molar-refractivity contribution in [1.29, 1.82) is 0 Å². The standard InChI is InChI=1S/C23H18N2S/c26-23(24-19-12-3-1-4-13-19)25(20-14-5-2-6-15-20)22-17-9-11-18-10-7-8-16-21(18)22/h1-17H,(H,24,26). The van der Waals surface area contributed by atoms with Gasteiger partial charge in [0.2, 0.25) is 0 Å². The fourth-order valence-electron chi connectivity index (χ4n) is 3.05. The van der Waals surface area contributed by atoms with E-state index in [1.54, 1.807) is 0 Å². The third-order valence-corrected chi connectivity index (χ3v) is 4.53. The van der Waals surface area contributed by atoms with Gasteiger partial charge in [0.25, 0.3) is 0 Å². The van der Waals surface area contributed by atoms with Crippen LogP contribution >= 0.6 is 12.2 Å². The molecule has 4 aromatic rings. The van der Waals surface area contributed by atoms with Crippen molar-refractivity contribution in [2.24, 2.45) is 0 Å². The Morgan fingerprint density at radius 3 is 2.04 bits per heavy atom. The van der Waals surface area contributed by atoms with Crippen molar-refractivity contribution in [1.82, 2.24) is 0 Å². The number of hydrogen-bond donors (Lipinski definition) is 1. The summed E-state index contributed by atoms with van der Waals surface area (Å²) in [6, 6.07) is 34.9. The Kier molecular flexibility index (Phi) is 4.63. The van der Waals surface area contributed by atoms with Gasteiger partial charge in [-0.25, -0.2) is 0 Å². The number of thiocarbonyl (C=S) groups is 1. The van der Waals surface area contributed by atoms with Crippen LogP contribution in [0.25, 0.3) is 10.8 Å². The van der Waals surface area contributed by atoms with Crippen LogP contribution in [0.4, 0.5) is 17.1 Å². The van der Waals surface area contributed by atoms with Crippen LogP contribution in [0, 0.1) is 0 Å². The van der Waals surface area contributed by atoms with Crippen LogP contribution in [0.3, 0.4) is 0 Å². The van der Waals surface area contributed by atoms with E-state index >= 15 is 0 Å². The minimum atomic E-state index is 0.638. The number of hydrogen-bond acceptors (Lipinski definition) is 1. The first-order valence-corrected chi connectivity index (χ1v) is 8.93. The fraction of sp³-hybridized carbons (Fsp3) is 0. The summed E-state index contributed by atoms with van der Waals surface area (Å²) in [5, 5.41) is 6.35. The minimum Gasteiger partial charge on any atom is -0.332 e. The van der Waals surface area contributed by atoms with Crippen LogP contribution in [0.15, 0.2) is 103 Å². The molecule has 0 fully saturated rings. The molecule has 0 radical (unpaired) electrons. The predicted octanol–water partition coefficient (Wildman–Crippen LogP) is 6.37. The van der Waals surface area contributed by atoms with Crippen LogP contribution in [0.1, 0.15) is 0 Å². The van der Waals surface area contributed by atoms with Gasteiger partial charge in [-0.3, -0.25) is 4.90 Å². The molecule has 0 aliphatic carbocycles. The largest absolute Gasteiger partial charge is 0.332 e. The molecule has 0 spiro atoms. The molecule has 3 heteroatoms. The van der Waals surface area contributed by atoms with E-state index in [9.17, 15) is 0 Å². The van der Waals surface area contributed by atoms with E-state index in [1.807, 2.05) is 48.5 Å². The van der Waals surface area contributed by atoms with E-state index in [-0.39, 0.29) is 0 Å². The second kappa shape index (κ2) is 7.38. The minimum absolute atomic E-state index is 0.638. The molecule has 2 nitrogen and oxygen atoms in total. The quantitative estimate of drug-likeness (QED) is 0.430. The smallest absolute Gasteiger partial charge is 0.182 e. The molecule has 0 aliphatic rings. The van der Waals surface area contributed by atoms with Gasteiger partial charge >= 0.3 is 0 Å². The van der Waals surface area contributed by atoms with E-state index in [0.29, 0.717) is 5.11 Å². The molecule has 0 saturated heterocycles. The molecule has 0 aliphatic heterocycles. The summed E-state index contributed by atoms with van der Waals surface area (Å²) in [5.41, 5.74) is 3.05. The number of rotatable bonds is 3. The number of benzene rings is 4. The first-order chi connectivity index (χ1) is 12.8. The van der Waals surface area contributed by atoms with Crippen molar-refractivity contribution in [3.63, 3.8) is 0 Å². The molecule has 0 atom stereocenters. The van der Waals surface area contributed by atoms with Gasteiger partial charge in [0.1, 0.15) is 0 Å². The molecule has 0 amide bonds.